The Labute approximate surface area is 192 Å². The molecule has 3 rings (SSSR count). The van der Waals surface area contributed by atoms with Gasteiger partial charge >= 0.3 is 0 Å². The second kappa shape index (κ2) is 10.4. The Hall–Kier alpha value is -3.91. The van der Waals surface area contributed by atoms with Crippen LogP contribution < -0.4 is 20.5 Å². The molecule has 0 spiro atoms. The Balaban J connectivity index is 1.89. The highest BCUT2D eigenvalue weighted by Gasteiger charge is 2.15. The van der Waals surface area contributed by atoms with Gasteiger partial charge in [-0.2, -0.15) is 0 Å². The van der Waals surface area contributed by atoms with Gasteiger partial charge in [0.2, 0.25) is 0 Å². The van der Waals surface area contributed by atoms with E-state index in [2.05, 4.69) is 26.6 Å². The predicted octanol–water partition coefficient (Wildman–Crippen LogP) is 3.23. The maximum Gasteiger partial charge on any atom is 0.272 e. The van der Waals surface area contributed by atoms with Crippen molar-refractivity contribution in [2.45, 2.75) is 0 Å². The molecular weight excluding hydrogens is 476 g/mol. The van der Waals surface area contributed by atoms with Crippen molar-refractivity contribution in [1.82, 2.24) is 5.32 Å². The first-order valence-corrected chi connectivity index (χ1v) is 10.2. The molecule has 0 saturated carbocycles. The highest BCUT2D eigenvalue weighted by atomic mass is 79.9. The topological polar surface area (TPSA) is 108 Å². The molecule has 0 unspecified atom stereocenters. The molecule has 7 nitrogen and oxygen atoms in total. The van der Waals surface area contributed by atoms with Gasteiger partial charge in [-0.25, -0.2) is 0 Å². The lowest BCUT2D eigenvalue weighted by Crippen LogP contribution is -2.31. The zero-order valence-electron chi connectivity index (χ0n) is 16.9. The number of rotatable bonds is 7. The minimum Gasteiger partial charge on any atom is -0.545 e. The van der Waals surface area contributed by atoms with E-state index in [0.717, 1.165) is 4.47 Å². The Morgan fingerprint density at radius 3 is 2.25 bits per heavy atom. The molecule has 0 radical (unpaired) electrons. The number of carboxylic acids is 1. The average molecular weight is 494 g/mol. The van der Waals surface area contributed by atoms with Crippen LogP contribution in [0.5, 0.6) is 5.75 Å². The largest absolute Gasteiger partial charge is 0.545 e. The summed E-state index contributed by atoms with van der Waals surface area (Å²) in [6, 6.07) is 19.2. The fraction of sp³-hybridized carbons (Fsp3) is 0.0417. The number of halogens is 1. The molecule has 2 amide bonds. The smallest absolute Gasteiger partial charge is 0.272 e. The Bertz CT molecular complexity index is 1170. The fourth-order valence-electron chi connectivity index (χ4n) is 2.74. The number of benzene rings is 3. The standard InChI is InChI=1S/C24H19BrN2O5/c1-32-20-11-5-15(6-12-20)13-21(27-22(28)16-7-9-18(25)10-8-16)23(29)26-19-4-2-3-17(14-19)24(30)31/h2-14H,1H3,(H,26,29)(H,27,28)(H,30,31)/p-1/b21-13-. The summed E-state index contributed by atoms with van der Waals surface area (Å²) in [6.07, 6.45) is 1.51. The molecule has 0 fully saturated rings. The van der Waals surface area contributed by atoms with E-state index in [0.29, 0.717) is 16.9 Å². The third kappa shape index (κ3) is 6.05. The monoisotopic (exact) mass is 493 g/mol. The molecular formula is C24H18BrN2O5-. The molecule has 162 valence electrons. The number of methoxy groups -OCH3 is 1. The molecule has 0 aromatic heterocycles. The van der Waals surface area contributed by atoms with Gasteiger partial charge in [0.25, 0.3) is 11.8 Å². The molecule has 32 heavy (non-hydrogen) atoms. The number of carbonyl (C=O) groups is 3. The highest BCUT2D eigenvalue weighted by Crippen LogP contribution is 2.16. The predicted molar refractivity (Wildman–Crippen MR) is 122 cm³/mol. The summed E-state index contributed by atoms with van der Waals surface area (Å²) in [4.78, 5) is 36.7. The van der Waals surface area contributed by atoms with E-state index in [9.17, 15) is 19.5 Å². The fourth-order valence-corrected chi connectivity index (χ4v) is 3.01. The number of carboxylic acid groups (broad SMARTS) is 1. The molecule has 0 aliphatic carbocycles. The second-order valence-corrected chi connectivity index (χ2v) is 7.53. The Kier molecular flexibility index (Phi) is 7.41. The molecule has 3 aromatic carbocycles. The summed E-state index contributed by atoms with van der Waals surface area (Å²) in [6.45, 7) is 0. The minimum absolute atomic E-state index is 0.0260. The first-order chi connectivity index (χ1) is 15.4. The molecule has 8 heteroatoms. The van der Waals surface area contributed by atoms with Crippen LogP contribution in [-0.2, 0) is 4.79 Å². The summed E-state index contributed by atoms with van der Waals surface area (Å²) < 4.78 is 5.95. The van der Waals surface area contributed by atoms with Gasteiger partial charge in [-0.3, -0.25) is 9.59 Å². The Morgan fingerprint density at radius 1 is 0.938 bits per heavy atom. The van der Waals surface area contributed by atoms with E-state index in [1.807, 2.05) is 0 Å². The van der Waals surface area contributed by atoms with E-state index >= 15 is 0 Å². The first kappa shape index (κ1) is 22.8. The molecule has 3 aromatic rings. The average Bonchev–Trinajstić information content (AvgIpc) is 2.79. The van der Waals surface area contributed by atoms with Crippen LogP contribution in [0.25, 0.3) is 6.08 Å². The number of hydrogen-bond acceptors (Lipinski definition) is 5. The molecule has 0 saturated heterocycles. The van der Waals surface area contributed by atoms with Crippen molar-refractivity contribution < 1.29 is 24.2 Å². The molecule has 2 N–H and O–H groups in total. The van der Waals surface area contributed by atoms with Crippen LogP contribution in [0.3, 0.4) is 0 Å². The van der Waals surface area contributed by atoms with E-state index in [-0.39, 0.29) is 16.9 Å². The minimum atomic E-state index is -1.36. The van der Waals surface area contributed by atoms with Gasteiger partial charge in [0.1, 0.15) is 11.4 Å². The number of carbonyl (C=O) groups excluding carboxylic acids is 3. The number of hydrogen-bond donors (Lipinski definition) is 2. The van der Waals surface area contributed by atoms with Gasteiger partial charge in [-0.15, -0.1) is 0 Å². The number of ether oxygens (including phenoxy) is 1. The van der Waals surface area contributed by atoms with Crippen LogP contribution in [0, 0.1) is 0 Å². The lowest BCUT2D eigenvalue weighted by atomic mass is 10.1. The third-order valence-electron chi connectivity index (χ3n) is 4.38. The van der Waals surface area contributed by atoms with Crippen LogP contribution in [0.4, 0.5) is 5.69 Å². The van der Waals surface area contributed by atoms with E-state index < -0.39 is 17.8 Å². The molecule has 0 aliphatic heterocycles. The lowest BCUT2D eigenvalue weighted by molar-refractivity contribution is -0.255. The maximum atomic E-state index is 13.0. The van der Waals surface area contributed by atoms with Crippen LogP contribution in [-0.4, -0.2) is 24.9 Å². The summed E-state index contributed by atoms with van der Waals surface area (Å²) in [5.74, 6) is -1.82. The van der Waals surface area contributed by atoms with Crippen molar-refractivity contribution in [1.29, 1.82) is 0 Å². The van der Waals surface area contributed by atoms with Crippen molar-refractivity contribution in [3.05, 3.63) is 99.7 Å². The van der Waals surface area contributed by atoms with Gasteiger partial charge in [-0.1, -0.05) is 40.2 Å². The number of amides is 2. The summed E-state index contributed by atoms with van der Waals surface area (Å²) in [7, 11) is 1.54. The number of nitrogens with one attached hydrogen (secondary N) is 2. The van der Waals surface area contributed by atoms with Crippen LogP contribution >= 0.6 is 15.9 Å². The van der Waals surface area contributed by atoms with E-state index in [4.69, 9.17) is 4.74 Å². The van der Waals surface area contributed by atoms with E-state index in [1.54, 1.807) is 55.6 Å². The first-order valence-electron chi connectivity index (χ1n) is 9.41. The molecule has 0 atom stereocenters. The van der Waals surface area contributed by atoms with Crippen LogP contribution in [0.2, 0.25) is 0 Å². The van der Waals surface area contributed by atoms with Gasteiger partial charge in [0, 0.05) is 15.7 Å². The van der Waals surface area contributed by atoms with Crippen molar-refractivity contribution in [2.24, 2.45) is 0 Å². The maximum absolute atomic E-state index is 13.0. The molecule has 0 heterocycles. The lowest BCUT2D eigenvalue weighted by Gasteiger charge is -2.12. The van der Waals surface area contributed by atoms with Gasteiger partial charge in [0.15, 0.2) is 0 Å². The summed E-state index contributed by atoms with van der Waals surface area (Å²) >= 11 is 3.31. The highest BCUT2D eigenvalue weighted by molar-refractivity contribution is 9.10. The van der Waals surface area contributed by atoms with Gasteiger partial charge in [-0.05, 0) is 65.7 Å². The molecule has 0 bridgehead atoms. The molecule has 0 aliphatic rings. The van der Waals surface area contributed by atoms with Gasteiger partial charge in [0.05, 0.1) is 13.1 Å². The van der Waals surface area contributed by atoms with Crippen molar-refractivity contribution in [3.63, 3.8) is 0 Å². The SMILES string of the molecule is COc1ccc(/C=C(\NC(=O)c2ccc(Br)cc2)C(=O)Nc2cccc(C(=O)[O-])c2)cc1. The summed E-state index contributed by atoms with van der Waals surface area (Å²) in [5.41, 5.74) is 1.15. The van der Waals surface area contributed by atoms with Crippen molar-refractivity contribution in [3.8, 4) is 5.75 Å². The van der Waals surface area contributed by atoms with Crippen LogP contribution in [0.15, 0.2) is 83.0 Å². The number of anilines is 1. The van der Waals surface area contributed by atoms with Gasteiger partial charge < -0.3 is 25.3 Å². The Morgan fingerprint density at radius 2 is 1.62 bits per heavy atom. The van der Waals surface area contributed by atoms with Crippen LogP contribution in [0.1, 0.15) is 26.3 Å². The van der Waals surface area contributed by atoms with Crippen molar-refractivity contribution in [2.75, 3.05) is 12.4 Å². The number of aromatic carboxylic acids is 1. The normalized spacial score (nSPS) is 10.9. The van der Waals surface area contributed by atoms with Crippen molar-refractivity contribution >= 4 is 45.5 Å². The zero-order valence-corrected chi connectivity index (χ0v) is 18.5. The second-order valence-electron chi connectivity index (χ2n) is 6.61. The quantitative estimate of drug-likeness (QED) is 0.491. The van der Waals surface area contributed by atoms with E-state index in [1.165, 1.54) is 30.3 Å². The zero-order chi connectivity index (χ0) is 23.1. The summed E-state index contributed by atoms with van der Waals surface area (Å²) in [5, 5.41) is 16.3. The third-order valence-corrected chi connectivity index (χ3v) is 4.91.